The van der Waals surface area contributed by atoms with Crippen molar-refractivity contribution >= 4 is 44.4 Å². The number of fused-ring (bicyclic) bond motifs is 2. The first-order chi connectivity index (χ1) is 12.0. The molecule has 124 valence electrons. The normalized spacial score (nSPS) is 11.4. The first kappa shape index (κ1) is 15.8. The Morgan fingerprint density at radius 3 is 1.76 bits per heavy atom. The smallest absolute Gasteiger partial charge is 0.266 e. The molecule has 8 heteroatoms. The van der Waals surface area contributed by atoms with Crippen LogP contribution >= 0.6 is 22.6 Å². The van der Waals surface area contributed by atoms with Crippen LogP contribution in [0.5, 0.6) is 0 Å². The second-order valence-corrected chi connectivity index (χ2v) is 6.85. The number of aromatic nitrogens is 3. The third-order valence-electron chi connectivity index (χ3n) is 4.12. The number of aromatic amines is 2. The summed E-state index contributed by atoms with van der Waals surface area (Å²) in [5.74, 6) is 0. The van der Waals surface area contributed by atoms with Crippen LogP contribution in [0.2, 0.25) is 0 Å². The molecule has 0 amide bonds. The Kier molecular flexibility index (Phi) is 3.57. The van der Waals surface area contributed by atoms with E-state index >= 15 is 0 Å². The van der Waals surface area contributed by atoms with Crippen molar-refractivity contribution in [3.63, 3.8) is 0 Å². The third kappa shape index (κ3) is 2.32. The van der Waals surface area contributed by atoms with Crippen molar-refractivity contribution < 1.29 is 0 Å². The van der Waals surface area contributed by atoms with Crippen LogP contribution in [0.3, 0.4) is 0 Å². The fraction of sp³-hybridized carbons (Fsp3) is 0.0588. The van der Waals surface area contributed by atoms with Crippen molar-refractivity contribution in [1.82, 2.24) is 14.5 Å². The molecule has 0 aliphatic heterocycles. The average Bonchev–Trinajstić information content (AvgIpc) is 2.86. The van der Waals surface area contributed by atoms with Gasteiger partial charge in [0, 0.05) is 16.0 Å². The van der Waals surface area contributed by atoms with Gasteiger partial charge in [-0.3, -0.25) is 23.7 Å². The minimum absolute atomic E-state index is 0.00587. The molecule has 0 aliphatic carbocycles. The first-order valence-electron chi connectivity index (χ1n) is 7.35. The zero-order valence-electron chi connectivity index (χ0n) is 12.6. The number of hydrogen-bond donors (Lipinski definition) is 2. The van der Waals surface area contributed by atoms with Crippen molar-refractivity contribution in [3.8, 4) is 0 Å². The van der Waals surface area contributed by atoms with E-state index in [1.54, 1.807) is 12.1 Å². The van der Waals surface area contributed by atoms with Crippen LogP contribution in [-0.2, 0) is 6.54 Å². The predicted molar refractivity (Wildman–Crippen MR) is 103 cm³/mol. The van der Waals surface area contributed by atoms with Crippen LogP contribution in [0.25, 0.3) is 21.8 Å². The third-order valence-corrected chi connectivity index (χ3v) is 4.84. The van der Waals surface area contributed by atoms with Gasteiger partial charge in [0.25, 0.3) is 11.1 Å². The Hall–Kier alpha value is -2.75. The highest BCUT2D eigenvalue weighted by Gasteiger charge is 2.22. The largest absolute Gasteiger partial charge is 0.355 e. The molecule has 0 bridgehead atoms. The van der Waals surface area contributed by atoms with E-state index < -0.39 is 22.0 Å². The Morgan fingerprint density at radius 1 is 0.800 bits per heavy atom. The van der Waals surface area contributed by atoms with E-state index in [0.29, 0.717) is 0 Å². The maximum Gasteiger partial charge on any atom is 0.266 e. The lowest BCUT2D eigenvalue weighted by molar-refractivity contribution is 0.754. The minimum Gasteiger partial charge on any atom is -0.355 e. The van der Waals surface area contributed by atoms with Crippen LogP contribution in [0, 0.1) is 3.57 Å². The SMILES string of the molecule is O=c1c2[nH]cc[nH]c2c(=O)c2c(=O)n(Cc3ccc(I)cc3)c(=O)c12. The fourth-order valence-electron chi connectivity index (χ4n) is 2.92. The number of benzene rings is 2. The molecule has 0 unspecified atom stereocenters. The molecule has 7 nitrogen and oxygen atoms in total. The highest BCUT2D eigenvalue weighted by Crippen LogP contribution is 2.08. The summed E-state index contributed by atoms with van der Waals surface area (Å²) in [7, 11) is 0. The van der Waals surface area contributed by atoms with E-state index in [9.17, 15) is 19.2 Å². The summed E-state index contributed by atoms with van der Waals surface area (Å²) in [4.78, 5) is 55.8. The maximum atomic E-state index is 12.6. The average molecular weight is 447 g/mol. The zero-order valence-corrected chi connectivity index (χ0v) is 14.8. The topological polar surface area (TPSA) is 105 Å². The predicted octanol–water partition coefficient (Wildman–Crippen LogP) is 0.982. The molecule has 0 saturated carbocycles. The van der Waals surface area contributed by atoms with Crippen molar-refractivity contribution in [2.45, 2.75) is 6.54 Å². The van der Waals surface area contributed by atoms with Gasteiger partial charge in [0.15, 0.2) is 0 Å². The molecule has 2 heterocycles. The fourth-order valence-corrected chi connectivity index (χ4v) is 3.28. The van der Waals surface area contributed by atoms with Crippen molar-refractivity contribution in [2.24, 2.45) is 0 Å². The second-order valence-electron chi connectivity index (χ2n) is 5.60. The molecular weight excluding hydrogens is 437 g/mol. The van der Waals surface area contributed by atoms with Crippen molar-refractivity contribution in [3.05, 3.63) is 86.9 Å². The highest BCUT2D eigenvalue weighted by atomic mass is 127. The van der Waals surface area contributed by atoms with Crippen molar-refractivity contribution in [1.29, 1.82) is 0 Å². The van der Waals surface area contributed by atoms with Gasteiger partial charge >= 0.3 is 0 Å². The molecule has 25 heavy (non-hydrogen) atoms. The van der Waals surface area contributed by atoms with E-state index in [0.717, 1.165) is 13.7 Å². The quantitative estimate of drug-likeness (QED) is 0.447. The van der Waals surface area contributed by atoms with Gasteiger partial charge < -0.3 is 9.97 Å². The molecule has 2 aromatic carbocycles. The van der Waals surface area contributed by atoms with E-state index in [-0.39, 0.29) is 28.4 Å². The lowest BCUT2D eigenvalue weighted by Gasteiger charge is -2.01. The highest BCUT2D eigenvalue weighted by molar-refractivity contribution is 14.1. The maximum absolute atomic E-state index is 12.6. The Bertz CT molecular complexity index is 1270. The number of halogens is 1. The molecule has 4 rings (SSSR count). The van der Waals surface area contributed by atoms with Gasteiger partial charge in [-0.05, 0) is 40.3 Å². The Labute approximate surface area is 152 Å². The number of rotatable bonds is 2. The summed E-state index contributed by atoms with van der Waals surface area (Å²) in [6, 6.07) is 7.29. The molecule has 0 aliphatic rings. The summed E-state index contributed by atoms with van der Waals surface area (Å²) in [5.41, 5.74) is -2.06. The van der Waals surface area contributed by atoms with Gasteiger partial charge in [0.05, 0.1) is 6.54 Å². The van der Waals surface area contributed by atoms with E-state index in [1.165, 1.54) is 12.4 Å². The standard InChI is InChI=1S/C17H10IN3O4/c18-9-3-1-8(2-4-9)7-21-16(24)10-11(17(21)25)15(23)13-12(14(10)22)19-5-6-20-13/h1-6,19-20H,7H2. The second kappa shape index (κ2) is 5.66. The van der Waals surface area contributed by atoms with Gasteiger partial charge in [-0.2, -0.15) is 0 Å². The van der Waals surface area contributed by atoms with Gasteiger partial charge in [-0.25, -0.2) is 0 Å². The minimum atomic E-state index is -0.736. The van der Waals surface area contributed by atoms with Crippen LogP contribution in [0.15, 0.2) is 55.8 Å². The van der Waals surface area contributed by atoms with Crippen LogP contribution in [0.1, 0.15) is 5.56 Å². The van der Waals surface area contributed by atoms with E-state index in [4.69, 9.17) is 0 Å². The molecule has 2 N–H and O–H groups in total. The summed E-state index contributed by atoms with van der Waals surface area (Å²) < 4.78 is 1.96. The van der Waals surface area contributed by atoms with Gasteiger partial charge in [-0.1, -0.05) is 12.1 Å². The zero-order chi connectivity index (χ0) is 17.7. The molecule has 0 atom stereocenters. The monoisotopic (exact) mass is 447 g/mol. The van der Waals surface area contributed by atoms with Crippen LogP contribution in [-0.4, -0.2) is 14.5 Å². The Morgan fingerprint density at radius 2 is 1.28 bits per heavy atom. The lowest BCUT2D eigenvalue weighted by atomic mass is 10.1. The van der Waals surface area contributed by atoms with E-state index in [1.807, 2.05) is 12.1 Å². The molecule has 0 spiro atoms. The van der Waals surface area contributed by atoms with E-state index in [2.05, 4.69) is 32.6 Å². The molecule has 0 fully saturated rings. The van der Waals surface area contributed by atoms with Gasteiger partial charge in [0.1, 0.15) is 21.8 Å². The summed E-state index contributed by atoms with van der Waals surface area (Å²) in [5, 5.41) is -0.715. The number of nitrogens with zero attached hydrogens (tertiary/aromatic N) is 1. The summed E-state index contributed by atoms with van der Waals surface area (Å²) >= 11 is 2.15. The lowest BCUT2D eigenvalue weighted by Crippen LogP contribution is -2.27. The molecule has 2 aromatic heterocycles. The number of hydrogen-bond acceptors (Lipinski definition) is 4. The summed E-state index contributed by atoms with van der Waals surface area (Å²) in [6.07, 6.45) is 2.89. The Balaban J connectivity index is 2.08. The van der Waals surface area contributed by atoms with Gasteiger partial charge in [0.2, 0.25) is 10.9 Å². The molecule has 0 radical (unpaired) electrons. The molecule has 0 saturated heterocycles. The number of H-pyrrole nitrogens is 2. The number of nitrogens with one attached hydrogen (secondary N) is 2. The summed E-state index contributed by atoms with van der Waals surface area (Å²) in [6.45, 7) is 0.00587. The first-order valence-corrected chi connectivity index (χ1v) is 8.43. The van der Waals surface area contributed by atoms with Crippen LogP contribution < -0.4 is 22.0 Å². The van der Waals surface area contributed by atoms with Gasteiger partial charge in [-0.15, -0.1) is 0 Å². The molecular formula is C17H10IN3O4. The van der Waals surface area contributed by atoms with Crippen molar-refractivity contribution in [2.75, 3.05) is 0 Å². The molecule has 4 aromatic rings. The van der Waals surface area contributed by atoms with Crippen LogP contribution in [0.4, 0.5) is 0 Å².